The fourth-order valence-electron chi connectivity index (χ4n) is 4.71. The summed E-state index contributed by atoms with van der Waals surface area (Å²) in [5.41, 5.74) is 4.52. The van der Waals surface area contributed by atoms with Gasteiger partial charge in [-0.3, -0.25) is 4.79 Å². The second-order valence-corrected chi connectivity index (χ2v) is 8.70. The summed E-state index contributed by atoms with van der Waals surface area (Å²) in [4.78, 5) is 36.7. The van der Waals surface area contributed by atoms with Crippen LogP contribution in [0, 0.1) is 0 Å². The molecule has 0 aromatic heterocycles. The van der Waals surface area contributed by atoms with Crippen molar-refractivity contribution >= 4 is 18.0 Å². The number of hydrogen-bond donors (Lipinski definition) is 3. The number of rotatable bonds is 9. The molecule has 8 heteroatoms. The minimum Gasteiger partial charge on any atom is -0.480 e. The molecule has 1 heterocycles. The van der Waals surface area contributed by atoms with Gasteiger partial charge in [-0.25, -0.2) is 9.59 Å². The summed E-state index contributed by atoms with van der Waals surface area (Å²) in [6.07, 6.45) is 0.708. The fourth-order valence-corrected chi connectivity index (χ4v) is 4.71. The Morgan fingerprint density at radius 1 is 1.09 bits per heavy atom. The smallest absolute Gasteiger partial charge is 0.407 e. The monoisotopic (exact) mass is 466 g/mol. The molecule has 2 amide bonds. The van der Waals surface area contributed by atoms with E-state index in [-0.39, 0.29) is 12.5 Å². The van der Waals surface area contributed by atoms with Gasteiger partial charge < -0.3 is 25.2 Å². The molecule has 180 valence electrons. The van der Waals surface area contributed by atoms with Crippen LogP contribution in [0.15, 0.2) is 48.5 Å². The van der Waals surface area contributed by atoms with E-state index in [2.05, 4.69) is 22.8 Å². The Morgan fingerprint density at radius 2 is 1.74 bits per heavy atom. The summed E-state index contributed by atoms with van der Waals surface area (Å²) >= 11 is 0. The first kappa shape index (κ1) is 23.8. The van der Waals surface area contributed by atoms with Crippen LogP contribution in [-0.2, 0) is 19.1 Å². The third kappa shape index (κ3) is 5.07. The van der Waals surface area contributed by atoms with Crippen LogP contribution in [0.1, 0.15) is 49.7 Å². The molecule has 1 saturated heterocycles. The van der Waals surface area contributed by atoms with Gasteiger partial charge in [0.05, 0.1) is 6.04 Å². The van der Waals surface area contributed by atoms with Gasteiger partial charge in [-0.05, 0) is 35.1 Å². The van der Waals surface area contributed by atoms with Gasteiger partial charge in [0.1, 0.15) is 12.6 Å². The Kier molecular flexibility index (Phi) is 7.47. The highest BCUT2D eigenvalue weighted by Gasteiger charge is 2.37. The van der Waals surface area contributed by atoms with Crippen molar-refractivity contribution in [2.75, 3.05) is 13.2 Å². The molecule has 1 aliphatic heterocycles. The van der Waals surface area contributed by atoms with E-state index in [4.69, 9.17) is 9.47 Å². The van der Waals surface area contributed by atoms with Crippen molar-refractivity contribution in [3.05, 3.63) is 59.7 Å². The highest BCUT2D eigenvalue weighted by Crippen LogP contribution is 2.44. The van der Waals surface area contributed by atoms with Crippen molar-refractivity contribution in [2.24, 2.45) is 0 Å². The molecule has 8 nitrogen and oxygen atoms in total. The molecule has 0 saturated carbocycles. The lowest BCUT2D eigenvalue weighted by molar-refractivity contribution is -0.144. The number of hydrogen-bond acceptors (Lipinski definition) is 5. The lowest BCUT2D eigenvalue weighted by atomic mass is 9.98. The predicted octanol–water partition coefficient (Wildman–Crippen LogP) is 3.44. The number of carboxylic acid groups (broad SMARTS) is 1. The van der Waals surface area contributed by atoms with E-state index in [1.54, 1.807) is 0 Å². The van der Waals surface area contributed by atoms with Crippen LogP contribution < -0.4 is 10.6 Å². The molecule has 2 aromatic carbocycles. The number of aliphatic carboxylic acids is 1. The number of carbonyl (C=O) groups is 3. The van der Waals surface area contributed by atoms with Crippen molar-refractivity contribution in [3.63, 3.8) is 0 Å². The molecule has 2 aromatic rings. The second kappa shape index (κ2) is 10.7. The van der Waals surface area contributed by atoms with Crippen molar-refractivity contribution in [1.29, 1.82) is 0 Å². The largest absolute Gasteiger partial charge is 0.480 e. The van der Waals surface area contributed by atoms with E-state index >= 15 is 0 Å². The Balaban J connectivity index is 1.35. The van der Waals surface area contributed by atoms with Gasteiger partial charge in [-0.15, -0.1) is 0 Å². The summed E-state index contributed by atoms with van der Waals surface area (Å²) in [5.74, 6) is -1.68. The van der Waals surface area contributed by atoms with Gasteiger partial charge in [0, 0.05) is 12.5 Å². The highest BCUT2D eigenvalue weighted by molar-refractivity contribution is 5.87. The van der Waals surface area contributed by atoms with Crippen LogP contribution in [0.2, 0.25) is 0 Å². The summed E-state index contributed by atoms with van der Waals surface area (Å²) in [7, 11) is 0. The Hall–Kier alpha value is -3.39. The molecule has 4 rings (SSSR count). The third-order valence-corrected chi connectivity index (χ3v) is 6.46. The van der Waals surface area contributed by atoms with E-state index in [1.807, 2.05) is 43.3 Å². The highest BCUT2D eigenvalue weighted by atomic mass is 16.6. The van der Waals surface area contributed by atoms with Crippen LogP contribution >= 0.6 is 0 Å². The second-order valence-electron chi connectivity index (χ2n) is 8.70. The average Bonchev–Trinajstić information content (AvgIpc) is 3.42. The summed E-state index contributed by atoms with van der Waals surface area (Å²) in [6.45, 7) is 2.41. The van der Waals surface area contributed by atoms with E-state index in [1.165, 1.54) is 0 Å². The zero-order valence-electron chi connectivity index (χ0n) is 19.2. The van der Waals surface area contributed by atoms with Crippen molar-refractivity contribution in [2.45, 2.75) is 56.7 Å². The lowest BCUT2D eigenvalue weighted by Gasteiger charge is -2.22. The number of nitrogens with one attached hydrogen (secondary N) is 2. The Morgan fingerprint density at radius 3 is 2.35 bits per heavy atom. The van der Waals surface area contributed by atoms with E-state index < -0.39 is 36.2 Å². The van der Waals surface area contributed by atoms with Crippen molar-refractivity contribution in [1.82, 2.24) is 10.6 Å². The zero-order chi connectivity index (χ0) is 24.1. The van der Waals surface area contributed by atoms with E-state index in [9.17, 15) is 19.5 Å². The first-order chi connectivity index (χ1) is 16.5. The first-order valence-corrected chi connectivity index (χ1v) is 11.8. The van der Waals surface area contributed by atoms with Crippen LogP contribution in [0.4, 0.5) is 4.79 Å². The maximum absolute atomic E-state index is 12.7. The normalized spacial score (nSPS) is 19.7. The Bertz CT molecular complexity index is 1010. The van der Waals surface area contributed by atoms with Gasteiger partial charge >= 0.3 is 12.1 Å². The quantitative estimate of drug-likeness (QED) is 0.522. The minimum absolute atomic E-state index is 0.0630. The summed E-state index contributed by atoms with van der Waals surface area (Å²) < 4.78 is 11.1. The summed E-state index contributed by atoms with van der Waals surface area (Å²) in [5, 5.41) is 14.6. The van der Waals surface area contributed by atoms with Gasteiger partial charge in [0.25, 0.3) is 5.91 Å². The molecule has 1 fully saturated rings. The SMILES string of the molecule is CCCC[C@H](NC(=O)[C@H]1OCC[C@H]1NC(=O)OCC1c2ccccc2-c2ccccc21)C(=O)O. The zero-order valence-corrected chi connectivity index (χ0v) is 19.2. The molecule has 34 heavy (non-hydrogen) atoms. The Labute approximate surface area is 198 Å². The topological polar surface area (TPSA) is 114 Å². The maximum Gasteiger partial charge on any atom is 0.407 e. The standard InChI is InChI=1S/C26H30N2O6/c1-2-3-12-22(25(30)31)27-24(29)23-21(13-14-33-23)28-26(32)34-15-20-18-10-6-4-8-16(18)17-9-5-7-11-19(17)20/h4-11,20-23H,2-3,12-15H2,1H3,(H,27,29)(H,28,32)(H,30,31)/t21-,22+,23+/m1/s1. The molecule has 0 radical (unpaired) electrons. The number of alkyl carbamates (subject to hydrolysis) is 1. The van der Waals surface area contributed by atoms with Gasteiger partial charge in [-0.2, -0.15) is 0 Å². The molecular weight excluding hydrogens is 436 g/mol. The number of carbonyl (C=O) groups excluding carboxylic acids is 2. The number of fused-ring (bicyclic) bond motifs is 3. The number of ether oxygens (including phenoxy) is 2. The van der Waals surface area contributed by atoms with Crippen LogP contribution in [0.25, 0.3) is 11.1 Å². The predicted molar refractivity (Wildman–Crippen MR) is 125 cm³/mol. The van der Waals surface area contributed by atoms with Crippen LogP contribution in [0.3, 0.4) is 0 Å². The average molecular weight is 467 g/mol. The van der Waals surface area contributed by atoms with Crippen LogP contribution in [0.5, 0.6) is 0 Å². The first-order valence-electron chi connectivity index (χ1n) is 11.8. The molecule has 0 unspecified atom stereocenters. The van der Waals surface area contributed by atoms with Gasteiger partial charge in [-0.1, -0.05) is 68.3 Å². The number of carboxylic acids is 1. The minimum atomic E-state index is -1.08. The van der Waals surface area contributed by atoms with Crippen LogP contribution in [-0.4, -0.2) is 54.5 Å². The molecular formula is C26H30N2O6. The van der Waals surface area contributed by atoms with Crippen molar-refractivity contribution in [3.8, 4) is 11.1 Å². The van der Waals surface area contributed by atoms with E-state index in [0.29, 0.717) is 25.9 Å². The third-order valence-electron chi connectivity index (χ3n) is 6.46. The number of unbranched alkanes of at least 4 members (excludes halogenated alkanes) is 1. The van der Waals surface area contributed by atoms with E-state index in [0.717, 1.165) is 28.7 Å². The molecule has 0 spiro atoms. The number of benzene rings is 2. The molecule has 1 aliphatic carbocycles. The number of amides is 2. The van der Waals surface area contributed by atoms with Gasteiger partial charge in [0.2, 0.25) is 0 Å². The molecule has 3 N–H and O–H groups in total. The summed E-state index contributed by atoms with van der Waals surface area (Å²) in [6, 6.07) is 14.6. The maximum atomic E-state index is 12.7. The fraction of sp³-hybridized carbons (Fsp3) is 0.423. The van der Waals surface area contributed by atoms with Gasteiger partial charge in [0.15, 0.2) is 6.10 Å². The lowest BCUT2D eigenvalue weighted by Crippen LogP contribution is -2.52. The van der Waals surface area contributed by atoms with Crippen molar-refractivity contribution < 1.29 is 29.0 Å². The molecule has 2 aliphatic rings. The molecule has 3 atom stereocenters. The molecule has 0 bridgehead atoms.